The first-order chi connectivity index (χ1) is 7.24. The zero-order chi connectivity index (χ0) is 10.7. The van der Waals surface area contributed by atoms with Crippen molar-refractivity contribution < 1.29 is 4.74 Å². The average molecular weight is 210 g/mol. The molecule has 0 amide bonds. The van der Waals surface area contributed by atoms with Gasteiger partial charge in [-0.3, -0.25) is 0 Å². The molecule has 3 unspecified atom stereocenters. The molecule has 0 N–H and O–H groups in total. The number of rotatable bonds is 3. The second-order valence-electron chi connectivity index (χ2n) is 5.96. The van der Waals surface area contributed by atoms with Gasteiger partial charge in [-0.15, -0.1) is 0 Å². The second-order valence-corrected chi connectivity index (χ2v) is 5.96. The summed E-state index contributed by atoms with van der Waals surface area (Å²) in [6.07, 6.45) is 13.6. The third kappa shape index (κ3) is 2.75. The molecule has 0 aromatic heterocycles. The summed E-state index contributed by atoms with van der Waals surface area (Å²) in [4.78, 5) is 0. The van der Waals surface area contributed by atoms with Crippen LogP contribution in [0.25, 0.3) is 0 Å². The largest absolute Gasteiger partial charge is 0.382 e. The molecule has 0 aromatic rings. The van der Waals surface area contributed by atoms with Crippen LogP contribution < -0.4 is 0 Å². The summed E-state index contributed by atoms with van der Waals surface area (Å²) in [6.45, 7) is 2.24. The summed E-state index contributed by atoms with van der Waals surface area (Å²) in [6, 6.07) is 0. The average Bonchev–Trinajstić information content (AvgIpc) is 2.61. The summed E-state index contributed by atoms with van der Waals surface area (Å²) < 4.78 is 5.47. The lowest BCUT2D eigenvalue weighted by molar-refractivity contribution is 0.0571. The minimum absolute atomic E-state index is 0.461. The fourth-order valence-electron chi connectivity index (χ4n) is 3.89. The zero-order valence-corrected chi connectivity index (χ0v) is 10.4. The summed E-state index contributed by atoms with van der Waals surface area (Å²) >= 11 is 0. The molecule has 0 radical (unpaired) electrons. The summed E-state index contributed by atoms with van der Waals surface area (Å²) in [5.74, 6) is 1.05. The minimum atomic E-state index is 0.461. The van der Waals surface area contributed by atoms with Crippen molar-refractivity contribution in [3.05, 3.63) is 0 Å². The van der Waals surface area contributed by atoms with Gasteiger partial charge >= 0.3 is 0 Å². The Morgan fingerprint density at radius 2 is 2.07 bits per heavy atom. The molecule has 88 valence electrons. The standard InChI is InChI=1S/C14H26O/c1-12(15-2)10-14-8-5-3-4-6-13(11-14)7-9-14/h12-13H,3-11H2,1-2H3. The number of ether oxygens (including phenoxy) is 1. The van der Waals surface area contributed by atoms with Gasteiger partial charge in [0, 0.05) is 7.11 Å². The van der Waals surface area contributed by atoms with E-state index in [2.05, 4.69) is 6.92 Å². The van der Waals surface area contributed by atoms with Crippen LogP contribution in [0.4, 0.5) is 0 Å². The van der Waals surface area contributed by atoms with Gasteiger partial charge in [0.2, 0.25) is 0 Å². The summed E-state index contributed by atoms with van der Waals surface area (Å²) in [5.41, 5.74) is 0.667. The summed E-state index contributed by atoms with van der Waals surface area (Å²) in [5, 5.41) is 0. The molecular weight excluding hydrogens is 184 g/mol. The van der Waals surface area contributed by atoms with Gasteiger partial charge in [-0.05, 0) is 50.4 Å². The Balaban J connectivity index is 1.98. The molecule has 2 bridgehead atoms. The molecule has 1 nitrogen and oxygen atoms in total. The molecule has 0 aromatic carbocycles. The van der Waals surface area contributed by atoms with Crippen molar-refractivity contribution in [2.24, 2.45) is 11.3 Å². The van der Waals surface area contributed by atoms with E-state index >= 15 is 0 Å². The third-order valence-electron chi connectivity index (χ3n) is 4.75. The van der Waals surface area contributed by atoms with Gasteiger partial charge in [-0.25, -0.2) is 0 Å². The van der Waals surface area contributed by atoms with Crippen molar-refractivity contribution in [2.45, 2.75) is 70.8 Å². The number of methoxy groups -OCH3 is 1. The molecule has 2 fully saturated rings. The fraction of sp³-hybridized carbons (Fsp3) is 1.00. The molecule has 2 rings (SSSR count). The van der Waals surface area contributed by atoms with Gasteiger partial charge in [0.25, 0.3) is 0 Å². The Morgan fingerprint density at radius 3 is 2.87 bits per heavy atom. The lowest BCUT2D eigenvalue weighted by Crippen LogP contribution is -2.24. The molecule has 2 aliphatic rings. The minimum Gasteiger partial charge on any atom is -0.382 e. The van der Waals surface area contributed by atoms with Crippen LogP contribution >= 0.6 is 0 Å². The molecule has 1 heteroatoms. The van der Waals surface area contributed by atoms with Crippen molar-refractivity contribution in [3.8, 4) is 0 Å². The van der Waals surface area contributed by atoms with E-state index in [0.29, 0.717) is 11.5 Å². The first-order valence-electron chi connectivity index (χ1n) is 6.77. The normalized spacial score (nSPS) is 38.4. The molecule has 15 heavy (non-hydrogen) atoms. The highest BCUT2D eigenvalue weighted by molar-refractivity contribution is 4.91. The molecule has 0 aliphatic heterocycles. The van der Waals surface area contributed by atoms with E-state index < -0.39 is 0 Å². The SMILES string of the molecule is COC(C)CC12CCCCCC(CC1)C2. The maximum absolute atomic E-state index is 5.47. The van der Waals surface area contributed by atoms with E-state index in [0.717, 1.165) is 5.92 Å². The lowest BCUT2D eigenvalue weighted by atomic mass is 9.74. The van der Waals surface area contributed by atoms with E-state index in [-0.39, 0.29) is 0 Å². The summed E-state index contributed by atoms with van der Waals surface area (Å²) in [7, 11) is 1.86. The van der Waals surface area contributed by atoms with E-state index in [4.69, 9.17) is 4.74 Å². The quantitative estimate of drug-likeness (QED) is 0.679. The Morgan fingerprint density at radius 1 is 1.20 bits per heavy atom. The number of hydrogen-bond acceptors (Lipinski definition) is 1. The van der Waals surface area contributed by atoms with Gasteiger partial charge in [0.05, 0.1) is 6.10 Å². The highest BCUT2D eigenvalue weighted by Gasteiger charge is 2.40. The van der Waals surface area contributed by atoms with Crippen LogP contribution in [0.2, 0.25) is 0 Å². The topological polar surface area (TPSA) is 9.23 Å². The van der Waals surface area contributed by atoms with Gasteiger partial charge in [0.15, 0.2) is 0 Å². The first-order valence-corrected chi connectivity index (χ1v) is 6.77. The Hall–Kier alpha value is -0.0400. The van der Waals surface area contributed by atoms with E-state index in [1.54, 1.807) is 0 Å². The fourth-order valence-corrected chi connectivity index (χ4v) is 3.89. The second kappa shape index (κ2) is 4.86. The van der Waals surface area contributed by atoms with Gasteiger partial charge in [-0.2, -0.15) is 0 Å². The molecule has 2 saturated carbocycles. The number of hydrogen-bond donors (Lipinski definition) is 0. The van der Waals surface area contributed by atoms with Crippen molar-refractivity contribution in [1.82, 2.24) is 0 Å². The van der Waals surface area contributed by atoms with Crippen molar-refractivity contribution in [3.63, 3.8) is 0 Å². The molecular formula is C14H26O. The van der Waals surface area contributed by atoms with Gasteiger partial charge in [0.1, 0.15) is 0 Å². The van der Waals surface area contributed by atoms with Crippen LogP contribution in [0.1, 0.15) is 64.7 Å². The molecule has 0 spiro atoms. The van der Waals surface area contributed by atoms with Crippen molar-refractivity contribution in [2.75, 3.05) is 7.11 Å². The monoisotopic (exact) mass is 210 g/mol. The first kappa shape index (κ1) is 11.4. The highest BCUT2D eigenvalue weighted by atomic mass is 16.5. The van der Waals surface area contributed by atoms with E-state index in [9.17, 15) is 0 Å². The zero-order valence-electron chi connectivity index (χ0n) is 10.4. The van der Waals surface area contributed by atoms with Crippen molar-refractivity contribution in [1.29, 1.82) is 0 Å². The highest BCUT2D eigenvalue weighted by Crippen LogP contribution is 2.51. The smallest absolute Gasteiger partial charge is 0.0548 e. The van der Waals surface area contributed by atoms with Crippen LogP contribution in [0, 0.1) is 11.3 Å². The van der Waals surface area contributed by atoms with Gasteiger partial charge < -0.3 is 4.74 Å². The van der Waals surface area contributed by atoms with Crippen LogP contribution in [0.3, 0.4) is 0 Å². The predicted molar refractivity (Wildman–Crippen MR) is 63.9 cm³/mol. The predicted octanol–water partition coefficient (Wildman–Crippen LogP) is 4.16. The molecule has 3 atom stereocenters. The van der Waals surface area contributed by atoms with E-state index in [1.807, 2.05) is 7.11 Å². The maximum Gasteiger partial charge on any atom is 0.0548 e. The molecule has 2 aliphatic carbocycles. The third-order valence-corrected chi connectivity index (χ3v) is 4.75. The molecule has 0 heterocycles. The number of fused-ring (bicyclic) bond motifs is 2. The van der Waals surface area contributed by atoms with Crippen LogP contribution in [0.15, 0.2) is 0 Å². The lowest BCUT2D eigenvalue weighted by Gasteiger charge is -2.33. The van der Waals surface area contributed by atoms with Crippen LogP contribution in [-0.2, 0) is 4.74 Å². The maximum atomic E-state index is 5.47. The Bertz CT molecular complexity index is 202. The molecule has 0 saturated heterocycles. The van der Waals surface area contributed by atoms with Crippen molar-refractivity contribution >= 4 is 0 Å². The van der Waals surface area contributed by atoms with Gasteiger partial charge in [-0.1, -0.05) is 25.7 Å². The van der Waals surface area contributed by atoms with Crippen LogP contribution in [-0.4, -0.2) is 13.2 Å². The van der Waals surface area contributed by atoms with E-state index in [1.165, 1.54) is 57.8 Å². The van der Waals surface area contributed by atoms with Crippen LogP contribution in [0.5, 0.6) is 0 Å². The Labute approximate surface area is 94.6 Å². The Kier molecular flexibility index (Phi) is 3.71.